The molecule has 16 heteroatoms. The molecule has 1 aliphatic rings. The van der Waals surface area contributed by atoms with E-state index < -0.39 is 44.5 Å². The summed E-state index contributed by atoms with van der Waals surface area (Å²) in [6, 6.07) is 7.88. The summed E-state index contributed by atoms with van der Waals surface area (Å²) in [6.45, 7) is 0. The van der Waals surface area contributed by atoms with E-state index in [1.807, 2.05) is 0 Å². The van der Waals surface area contributed by atoms with Gasteiger partial charge in [0, 0.05) is 5.38 Å². The molecule has 2 heterocycles. The van der Waals surface area contributed by atoms with Crippen LogP contribution in [0, 0.1) is 0 Å². The molecule has 1 aliphatic heterocycles. The molecule has 192 valence electrons. The van der Waals surface area contributed by atoms with Crippen LogP contribution in [0.1, 0.15) is 38.0 Å². The number of carbonyl (C=O) groups is 3. The van der Waals surface area contributed by atoms with Crippen molar-refractivity contribution < 1.29 is 43.5 Å². The zero-order valence-electron chi connectivity index (χ0n) is 18.8. The van der Waals surface area contributed by atoms with Gasteiger partial charge in [-0.3, -0.25) is 14.2 Å². The Morgan fingerprint density at radius 1 is 1.19 bits per heavy atom. The maximum Gasteiger partial charge on any atom is 0.547 e. The lowest BCUT2D eigenvalue weighted by Gasteiger charge is -2.30. The highest BCUT2D eigenvalue weighted by atomic mass is 32.1. The third-order valence-electron chi connectivity index (χ3n) is 5.53. The van der Waals surface area contributed by atoms with Crippen molar-refractivity contribution in [2.75, 3.05) is 5.73 Å². The van der Waals surface area contributed by atoms with Gasteiger partial charge in [0.15, 0.2) is 5.13 Å². The number of amides is 2. The van der Waals surface area contributed by atoms with Crippen LogP contribution in [0.2, 0.25) is 0 Å². The number of anilines is 1. The number of carbonyl (C=O) groups excluding carboxylic acids is 2. The molecule has 0 bridgehead atoms. The fraction of sp³-hybridized carbons (Fsp3) is 0.143. The smallest absolute Gasteiger partial charge is 0.534 e. The van der Waals surface area contributed by atoms with Gasteiger partial charge in [0.1, 0.15) is 17.5 Å². The summed E-state index contributed by atoms with van der Waals surface area (Å²) < 4.78 is 16.9. The van der Waals surface area contributed by atoms with Crippen molar-refractivity contribution in [3.05, 3.63) is 70.2 Å². The number of nitrogens with two attached hydrogens (primary N) is 1. The lowest BCUT2D eigenvalue weighted by molar-refractivity contribution is -0.123. The van der Waals surface area contributed by atoms with E-state index in [-0.39, 0.29) is 39.4 Å². The van der Waals surface area contributed by atoms with Crippen molar-refractivity contribution in [2.45, 2.75) is 18.4 Å². The zero-order chi connectivity index (χ0) is 26.9. The van der Waals surface area contributed by atoms with E-state index in [9.17, 15) is 38.9 Å². The standard InChI is InChI=1S/C21H20BN4O9PS/c23-21-24-14(9-37-21)18(27)26-16(10-4-6-12(7-5-10)36(32,33)34)19(28)25-15-8-11-2-1-3-13(20(29)30)17(11)35-22(15)31/h1-7,9,15-16,31H,8H2,(H2,23,24)(H,25,28)(H,26,27)(H,29,30)(H2,32,33,34). The van der Waals surface area contributed by atoms with Crippen LogP contribution >= 0.6 is 18.9 Å². The minimum atomic E-state index is -4.55. The molecular weight excluding hydrogens is 526 g/mol. The molecule has 0 saturated heterocycles. The number of nitrogens with zero attached hydrogens (tertiary/aromatic N) is 1. The predicted octanol–water partition coefficient (Wildman–Crippen LogP) is -0.163. The number of hydrogen-bond donors (Lipinski definition) is 7. The van der Waals surface area contributed by atoms with Crippen LogP contribution in [0.5, 0.6) is 5.75 Å². The van der Waals surface area contributed by atoms with Crippen LogP contribution in [0.3, 0.4) is 0 Å². The average molecular weight is 546 g/mol. The van der Waals surface area contributed by atoms with Gasteiger partial charge in [-0.05, 0) is 35.7 Å². The Kier molecular flexibility index (Phi) is 7.34. The molecule has 4 rings (SSSR count). The topological polar surface area (TPSA) is 221 Å². The molecule has 2 amide bonds. The van der Waals surface area contributed by atoms with Gasteiger partial charge in [-0.15, -0.1) is 11.3 Å². The molecule has 0 aliphatic carbocycles. The Balaban J connectivity index is 1.60. The molecule has 0 spiro atoms. The highest BCUT2D eigenvalue weighted by molar-refractivity contribution is 7.60. The first-order chi connectivity index (χ1) is 17.4. The Labute approximate surface area is 213 Å². The van der Waals surface area contributed by atoms with Gasteiger partial charge < -0.3 is 40.9 Å². The second kappa shape index (κ2) is 10.3. The van der Waals surface area contributed by atoms with Gasteiger partial charge in [-0.25, -0.2) is 9.78 Å². The first-order valence-electron chi connectivity index (χ1n) is 10.6. The largest absolute Gasteiger partial charge is 0.547 e. The molecule has 0 fully saturated rings. The van der Waals surface area contributed by atoms with Crippen molar-refractivity contribution in [3.63, 3.8) is 0 Å². The molecule has 13 nitrogen and oxygen atoms in total. The van der Waals surface area contributed by atoms with E-state index in [2.05, 4.69) is 15.6 Å². The van der Waals surface area contributed by atoms with E-state index >= 15 is 0 Å². The van der Waals surface area contributed by atoms with Gasteiger partial charge in [-0.1, -0.05) is 24.3 Å². The first-order valence-corrected chi connectivity index (χ1v) is 13.1. The first kappa shape index (κ1) is 26.3. The Bertz CT molecular complexity index is 1410. The summed E-state index contributed by atoms with van der Waals surface area (Å²) in [4.78, 5) is 60.1. The van der Waals surface area contributed by atoms with Gasteiger partial charge in [0.05, 0.1) is 16.8 Å². The fourth-order valence-corrected chi connectivity index (χ4v) is 4.82. The molecule has 37 heavy (non-hydrogen) atoms. The Morgan fingerprint density at radius 3 is 2.49 bits per heavy atom. The second-order valence-corrected chi connectivity index (χ2v) is 10.5. The third-order valence-corrected chi connectivity index (χ3v) is 7.18. The van der Waals surface area contributed by atoms with Crippen molar-refractivity contribution in [3.8, 4) is 5.75 Å². The SMILES string of the molecule is Nc1nc(C(=O)NC(C(=O)NC2Cc3cccc(C(=O)O)c3OB2O)c2ccc(P(=O)(O)O)cc2)cs1. The molecule has 0 saturated carbocycles. The van der Waals surface area contributed by atoms with Crippen LogP contribution in [0.15, 0.2) is 47.8 Å². The minimum absolute atomic E-state index is 0.00741. The van der Waals surface area contributed by atoms with Crippen LogP contribution in [0.4, 0.5) is 5.13 Å². The average Bonchev–Trinajstić information content (AvgIpc) is 3.28. The minimum Gasteiger partial charge on any atom is -0.534 e. The maximum absolute atomic E-state index is 13.3. The number of aromatic carboxylic acids is 1. The summed E-state index contributed by atoms with van der Waals surface area (Å²) in [5.41, 5.74) is 6.03. The second-order valence-electron chi connectivity index (χ2n) is 8.04. The number of thiazole rings is 1. The van der Waals surface area contributed by atoms with Crippen molar-refractivity contribution in [2.24, 2.45) is 0 Å². The van der Waals surface area contributed by atoms with Crippen LogP contribution in [0.25, 0.3) is 0 Å². The van der Waals surface area contributed by atoms with Gasteiger partial charge in [0.25, 0.3) is 5.91 Å². The molecule has 2 aromatic carbocycles. The Morgan fingerprint density at radius 2 is 1.89 bits per heavy atom. The number of aromatic nitrogens is 1. The maximum atomic E-state index is 13.3. The quantitative estimate of drug-likeness (QED) is 0.152. The van der Waals surface area contributed by atoms with Gasteiger partial charge >= 0.3 is 20.7 Å². The molecule has 2 unspecified atom stereocenters. The van der Waals surface area contributed by atoms with Gasteiger partial charge in [0.2, 0.25) is 5.91 Å². The van der Waals surface area contributed by atoms with E-state index in [0.29, 0.717) is 5.56 Å². The van der Waals surface area contributed by atoms with Crippen molar-refractivity contribution in [1.82, 2.24) is 15.6 Å². The lowest BCUT2D eigenvalue weighted by Crippen LogP contribution is -2.55. The summed E-state index contributed by atoms with van der Waals surface area (Å²) in [5.74, 6) is -3.76. The molecule has 3 aromatic rings. The van der Waals surface area contributed by atoms with E-state index in [4.69, 9.17) is 10.4 Å². The van der Waals surface area contributed by atoms with Crippen LogP contribution in [-0.2, 0) is 15.8 Å². The van der Waals surface area contributed by atoms with Crippen LogP contribution < -0.4 is 26.3 Å². The normalized spacial score (nSPS) is 15.8. The number of fused-ring (bicyclic) bond motifs is 1. The lowest BCUT2D eigenvalue weighted by atomic mass is 9.72. The fourth-order valence-electron chi connectivity index (χ4n) is 3.74. The summed E-state index contributed by atoms with van der Waals surface area (Å²) >= 11 is 1.02. The molecular formula is C21H20BN4O9PS. The van der Waals surface area contributed by atoms with Crippen LogP contribution in [-0.4, -0.2) is 55.7 Å². The Hall–Kier alpha value is -3.75. The number of hydrogen-bond acceptors (Lipinski definition) is 9. The van der Waals surface area contributed by atoms with Crippen molar-refractivity contribution in [1.29, 1.82) is 0 Å². The number of benzene rings is 2. The highest BCUT2D eigenvalue weighted by Gasteiger charge is 2.39. The summed E-state index contributed by atoms with van der Waals surface area (Å²) in [6.07, 6.45) is 0.0315. The highest BCUT2D eigenvalue weighted by Crippen LogP contribution is 2.33. The number of para-hydroxylation sites is 1. The monoisotopic (exact) mass is 546 g/mol. The molecule has 2 atom stereocenters. The van der Waals surface area contributed by atoms with Gasteiger partial charge in [-0.2, -0.15) is 0 Å². The number of nitrogens with one attached hydrogen (secondary N) is 2. The summed E-state index contributed by atoms with van der Waals surface area (Å²) in [7, 11) is -6.14. The van der Waals surface area contributed by atoms with Crippen molar-refractivity contribution >= 4 is 54.3 Å². The van der Waals surface area contributed by atoms with E-state index in [0.717, 1.165) is 23.5 Å². The molecule has 8 N–H and O–H groups in total. The zero-order valence-corrected chi connectivity index (χ0v) is 20.5. The molecule has 1 aromatic heterocycles. The number of carboxylic acids is 1. The molecule has 0 radical (unpaired) electrons. The number of carboxylic acid groups (broad SMARTS) is 1. The van der Waals surface area contributed by atoms with E-state index in [1.165, 1.54) is 29.6 Å². The van der Waals surface area contributed by atoms with E-state index in [1.54, 1.807) is 6.07 Å². The number of nitrogen functional groups attached to an aromatic ring is 1. The third kappa shape index (κ3) is 5.82. The predicted molar refractivity (Wildman–Crippen MR) is 132 cm³/mol. The number of rotatable bonds is 7. The summed E-state index contributed by atoms with van der Waals surface area (Å²) in [5, 5.41) is 26.2.